The molecule has 5 nitrogen and oxygen atoms in total. The number of amides is 1. The SMILES string of the molecule is CC(C)c1cc(C(=O)NCCCS(C)=O)cc(N)n1. The van der Waals surface area contributed by atoms with Crippen molar-refractivity contribution in [2.24, 2.45) is 0 Å². The second kappa shape index (κ2) is 7.23. The molecule has 3 N–H and O–H groups in total. The zero-order valence-corrected chi connectivity index (χ0v) is 12.4. The van der Waals surface area contributed by atoms with Gasteiger partial charge in [-0.05, 0) is 24.5 Å². The zero-order chi connectivity index (χ0) is 14.4. The lowest BCUT2D eigenvalue weighted by Gasteiger charge is -2.09. The average molecular weight is 283 g/mol. The Morgan fingerprint density at radius 1 is 1.47 bits per heavy atom. The summed E-state index contributed by atoms with van der Waals surface area (Å²) in [5.74, 6) is 0.997. The third-order valence-corrected chi connectivity index (χ3v) is 3.48. The van der Waals surface area contributed by atoms with Crippen molar-refractivity contribution in [1.29, 1.82) is 0 Å². The average Bonchev–Trinajstić information content (AvgIpc) is 2.33. The molecule has 1 atom stereocenters. The number of nitrogen functional groups attached to an aromatic ring is 1. The molecule has 6 heteroatoms. The Hall–Kier alpha value is -1.43. The molecule has 0 aliphatic carbocycles. The molecule has 106 valence electrons. The first kappa shape index (κ1) is 15.6. The monoisotopic (exact) mass is 283 g/mol. The van der Waals surface area contributed by atoms with E-state index in [9.17, 15) is 9.00 Å². The van der Waals surface area contributed by atoms with Gasteiger partial charge in [0, 0.05) is 40.6 Å². The van der Waals surface area contributed by atoms with Crippen LogP contribution in [0.5, 0.6) is 0 Å². The van der Waals surface area contributed by atoms with E-state index in [0.29, 0.717) is 30.1 Å². The number of carbonyl (C=O) groups is 1. The van der Waals surface area contributed by atoms with Crippen LogP contribution >= 0.6 is 0 Å². The first-order valence-electron chi connectivity index (χ1n) is 6.26. The van der Waals surface area contributed by atoms with Gasteiger partial charge in [-0.25, -0.2) is 4.98 Å². The van der Waals surface area contributed by atoms with Crippen molar-refractivity contribution < 1.29 is 9.00 Å². The van der Waals surface area contributed by atoms with Gasteiger partial charge in [0.05, 0.1) is 0 Å². The van der Waals surface area contributed by atoms with Crippen LogP contribution in [0.4, 0.5) is 5.82 Å². The van der Waals surface area contributed by atoms with Gasteiger partial charge in [0.25, 0.3) is 5.91 Å². The maximum Gasteiger partial charge on any atom is 0.251 e. The fourth-order valence-corrected chi connectivity index (χ4v) is 2.13. The standard InChI is InChI=1S/C13H21N3O2S/c1-9(2)11-7-10(8-12(14)16-11)13(17)15-5-4-6-19(3)18/h7-9H,4-6H2,1-3H3,(H2,14,16)(H,15,17). The highest BCUT2D eigenvalue weighted by atomic mass is 32.2. The van der Waals surface area contributed by atoms with E-state index in [1.165, 1.54) is 0 Å². The van der Waals surface area contributed by atoms with Crippen molar-refractivity contribution in [3.8, 4) is 0 Å². The lowest BCUT2D eigenvalue weighted by molar-refractivity contribution is 0.0953. The molecule has 1 aromatic heterocycles. The van der Waals surface area contributed by atoms with E-state index < -0.39 is 10.8 Å². The van der Waals surface area contributed by atoms with Gasteiger partial charge >= 0.3 is 0 Å². The number of rotatable bonds is 6. The van der Waals surface area contributed by atoms with E-state index in [1.54, 1.807) is 18.4 Å². The summed E-state index contributed by atoms with van der Waals surface area (Å²) in [6.07, 6.45) is 2.35. The molecule has 19 heavy (non-hydrogen) atoms. The summed E-state index contributed by atoms with van der Waals surface area (Å²) < 4.78 is 10.9. The summed E-state index contributed by atoms with van der Waals surface area (Å²) >= 11 is 0. The zero-order valence-electron chi connectivity index (χ0n) is 11.6. The Morgan fingerprint density at radius 2 is 2.16 bits per heavy atom. The highest BCUT2D eigenvalue weighted by molar-refractivity contribution is 7.84. The third-order valence-electron chi connectivity index (χ3n) is 2.61. The number of anilines is 1. The number of hydrogen-bond donors (Lipinski definition) is 2. The fraction of sp³-hybridized carbons (Fsp3) is 0.538. The van der Waals surface area contributed by atoms with Crippen LogP contribution < -0.4 is 11.1 Å². The highest BCUT2D eigenvalue weighted by Crippen LogP contribution is 2.15. The second-order valence-electron chi connectivity index (χ2n) is 4.75. The molecule has 1 rings (SSSR count). The van der Waals surface area contributed by atoms with Crippen LogP contribution in [0.2, 0.25) is 0 Å². The Kier molecular flexibility index (Phi) is 5.95. The van der Waals surface area contributed by atoms with Crippen LogP contribution in [0.25, 0.3) is 0 Å². The van der Waals surface area contributed by atoms with Crippen LogP contribution in [0.15, 0.2) is 12.1 Å². The number of nitrogens with one attached hydrogen (secondary N) is 1. The van der Waals surface area contributed by atoms with E-state index in [-0.39, 0.29) is 11.8 Å². The minimum atomic E-state index is -0.820. The van der Waals surface area contributed by atoms with E-state index in [1.807, 2.05) is 13.8 Å². The molecule has 1 unspecified atom stereocenters. The van der Waals surface area contributed by atoms with E-state index in [4.69, 9.17) is 5.73 Å². The first-order chi connectivity index (χ1) is 8.90. The van der Waals surface area contributed by atoms with Gasteiger partial charge in [-0.15, -0.1) is 0 Å². The van der Waals surface area contributed by atoms with Gasteiger partial charge in [0.1, 0.15) is 5.82 Å². The number of nitrogens with zero attached hydrogens (tertiary/aromatic N) is 1. The maximum absolute atomic E-state index is 11.9. The molecule has 1 heterocycles. The molecule has 0 fully saturated rings. The van der Waals surface area contributed by atoms with E-state index >= 15 is 0 Å². The van der Waals surface area contributed by atoms with Gasteiger partial charge in [-0.3, -0.25) is 9.00 Å². The molecule has 1 aromatic rings. The van der Waals surface area contributed by atoms with E-state index in [0.717, 1.165) is 5.69 Å². The Bertz CT molecular complexity index is 475. The molecule has 1 amide bonds. The topological polar surface area (TPSA) is 85.1 Å². The van der Waals surface area contributed by atoms with Crippen molar-refractivity contribution >= 4 is 22.5 Å². The van der Waals surface area contributed by atoms with Gasteiger partial charge in [-0.2, -0.15) is 0 Å². The number of aromatic nitrogens is 1. The van der Waals surface area contributed by atoms with Crippen LogP contribution in [-0.4, -0.2) is 33.7 Å². The van der Waals surface area contributed by atoms with Gasteiger partial charge in [0.2, 0.25) is 0 Å². The summed E-state index contributed by atoms with van der Waals surface area (Å²) in [4.78, 5) is 16.1. The maximum atomic E-state index is 11.9. The molecule has 0 saturated heterocycles. The molecule has 0 aliphatic heterocycles. The molecular weight excluding hydrogens is 262 g/mol. The summed E-state index contributed by atoms with van der Waals surface area (Å²) in [6, 6.07) is 3.33. The molecule has 0 aliphatic rings. The smallest absolute Gasteiger partial charge is 0.251 e. The van der Waals surface area contributed by atoms with Crippen LogP contribution in [0, 0.1) is 0 Å². The molecular formula is C13H21N3O2S. The quantitative estimate of drug-likeness (QED) is 0.770. The van der Waals surface area contributed by atoms with Gasteiger partial charge < -0.3 is 11.1 Å². The van der Waals surface area contributed by atoms with Gasteiger partial charge in [-0.1, -0.05) is 13.8 Å². The van der Waals surface area contributed by atoms with Crippen LogP contribution in [-0.2, 0) is 10.8 Å². The predicted molar refractivity (Wildman–Crippen MR) is 78.6 cm³/mol. The lowest BCUT2D eigenvalue weighted by Crippen LogP contribution is -2.25. The fourth-order valence-electron chi connectivity index (χ4n) is 1.58. The number of pyridine rings is 1. The number of nitrogens with two attached hydrogens (primary N) is 1. The Morgan fingerprint density at radius 3 is 2.74 bits per heavy atom. The summed E-state index contributed by atoms with van der Waals surface area (Å²) in [6.45, 7) is 4.51. The normalized spacial score (nSPS) is 12.4. The second-order valence-corrected chi connectivity index (χ2v) is 6.30. The largest absolute Gasteiger partial charge is 0.384 e. The van der Waals surface area contributed by atoms with Crippen molar-refractivity contribution in [3.05, 3.63) is 23.4 Å². The van der Waals surface area contributed by atoms with Crippen molar-refractivity contribution in [1.82, 2.24) is 10.3 Å². The minimum Gasteiger partial charge on any atom is -0.384 e. The Balaban J connectivity index is 2.64. The third kappa shape index (κ3) is 5.38. The Labute approximate surface area is 116 Å². The minimum absolute atomic E-state index is 0.169. The highest BCUT2D eigenvalue weighted by Gasteiger charge is 2.10. The summed E-state index contributed by atoms with van der Waals surface area (Å²) in [5, 5.41) is 2.79. The molecule has 0 radical (unpaired) electrons. The molecule has 0 saturated carbocycles. The first-order valence-corrected chi connectivity index (χ1v) is 7.98. The summed E-state index contributed by atoms with van der Waals surface area (Å²) in [7, 11) is -0.820. The van der Waals surface area contributed by atoms with Crippen molar-refractivity contribution in [2.75, 3.05) is 24.3 Å². The van der Waals surface area contributed by atoms with E-state index in [2.05, 4.69) is 10.3 Å². The lowest BCUT2D eigenvalue weighted by atomic mass is 10.1. The predicted octanol–water partition coefficient (Wildman–Crippen LogP) is 1.29. The van der Waals surface area contributed by atoms with Crippen LogP contribution in [0.3, 0.4) is 0 Å². The van der Waals surface area contributed by atoms with Crippen LogP contribution in [0.1, 0.15) is 42.2 Å². The summed E-state index contributed by atoms with van der Waals surface area (Å²) in [5.41, 5.74) is 7.03. The van der Waals surface area contributed by atoms with Crippen molar-refractivity contribution in [2.45, 2.75) is 26.2 Å². The van der Waals surface area contributed by atoms with Crippen molar-refractivity contribution in [3.63, 3.8) is 0 Å². The molecule has 0 bridgehead atoms. The number of carbonyl (C=O) groups excluding carboxylic acids is 1. The molecule has 0 spiro atoms. The number of hydrogen-bond acceptors (Lipinski definition) is 4. The molecule has 0 aromatic carbocycles. The van der Waals surface area contributed by atoms with Gasteiger partial charge in [0.15, 0.2) is 0 Å².